The number of rotatable bonds is 5. The van der Waals surface area contributed by atoms with E-state index in [0.29, 0.717) is 6.42 Å². The second-order valence-corrected chi connectivity index (χ2v) is 6.62. The fourth-order valence-electron chi connectivity index (χ4n) is 3.68. The van der Waals surface area contributed by atoms with Gasteiger partial charge in [0.25, 0.3) is 0 Å². The number of hydrogen-bond donors (Lipinski definition) is 1. The van der Waals surface area contributed by atoms with Crippen LogP contribution in [0.15, 0.2) is 54.1 Å². The van der Waals surface area contributed by atoms with E-state index in [1.165, 1.54) is 27.8 Å². The van der Waals surface area contributed by atoms with Gasteiger partial charge in [-0.3, -0.25) is 4.79 Å². The molecule has 0 bridgehead atoms. The van der Waals surface area contributed by atoms with E-state index in [1.807, 2.05) is 6.92 Å². The molecule has 1 aliphatic rings. The summed E-state index contributed by atoms with van der Waals surface area (Å²) in [5.74, 6) is 0.404. The van der Waals surface area contributed by atoms with Gasteiger partial charge in [0.15, 0.2) is 0 Å². The molecule has 2 aromatic carbocycles. The number of fused-ring (bicyclic) bond motifs is 1. The van der Waals surface area contributed by atoms with Gasteiger partial charge in [0, 0.05) is 12.3 Å². The van der Waals surface area contributed by atoms with Gasteiger partial charge in [-0.05, 0) is 42.5 Å². The molecule has 1 amide bonds. The Hall–Kier alpha value is -2.35. The first-order valence-corrected chi connectivity index (χ1v) is 8.77. The summed E-state index contributed by atoms with van der Waals surface area (Å²) in [7, 11) is 0. The summed E-state index contributed by atoms with van der Waals surface area (Å²) in [5.41, 5.74) is 6.51. The van der Waals surface area contributed by atoms with Crippen LogP contribution in [-0.4, -0.2) is 5.91 Å². The molecule has 0 aromatic heterocycles. The van der Waals surface area contributed by atoms with Crippen molar-refractivity contribution < 1.29 is 4.79 Å². The molecule has 2 nitrogen and oxygen atoms in total. The lowest BCUT2D eigenvalue weighted by Gasteiger charge is -2.23. The third-order valence-corrected chi connectivity index (χ3v) is 4.77. The van der Waals surface area contributed by atoms with E-state index < -0.39 is 0 Å². The number of benzene rings is 2. The molecule has 0 saturated heterocycles. The van der Waals surface area contributed by atoms with Crippen LogP contribution in [0.2, 0.25) is 0 Å². The molecule has 0 aliphatic heterocycles. The first kappa shape index (κ1) is 16.5. The predicted octanol–water partition coefficient (Wildman–Crippen LogP) is 5.21. The molecular weight excluding hydrogens is 294 g/mol. The largest absolute Gasteiger partial charge is 0.350 e. The van der Waals surface area contributed by atoms with Crippen molar-refractivity contribution >= 4 is 12.0 Å². The zero-order valence-corrected chi connectivity index (χ0v) is 14.7. The third kappa shape index (κ3) is 3.14. The number of hydrogen-bond acceptors (Lipinski definition) is 1. The maximum atomic E-state index is 12.0. The van der Waals surface area contributed by atoms with Gasteiger partial charge in [0.05, 0.1) is 6.04 Å². The highest BCUT2D eigenvalue weighted by atomic mass is 16.1. The summed E-state index contributed by atoms with van der Waals surface area (Å²) in [5, 5.41) is 3.14. The molecule has 2 aromatic rings. The van der Waals surface area contributed by atoms with Crippen LogP contribution in [0.3, 0.4) is 0 Å². The molecule has 0 fully saturated rings. The second kappa shape index (κ2) is 7.04. The SMILES string of the molecule is CCCC(=O)NC(C)c1ccccc1C1C(C)=Cc2ccccc21. The Morgan fingerprint density at radius 2 is 1.75 bits per heavy atom. The maximum Gasteiger partial charge on any atom is 0.220 e. The average Bonchev–Trinajstić information content (AvgIpc) is 2.90. The molecule has 0 radical (unpaired) electrons. The zero-order valence-electron chi connectivity index (χ0n) is 14.7. The van der Waals surface area contributed by atoms with Gasteiger partial charge in [-0.2, -0.15) is 0 Å². The molecule has 0 spiro atoms. The molecular formula is C22H25NO. The van der Waals surface area contributed by atoms with Crippen LogP contribution in [0, 0.1) is 0 Å². The van der Waals surface area contributed by atoms with E-state index in [1.54, 1.807) is 0 Å². The smallest absolute Gasteiger partial charge is 0.220 e. The summed E-state index contributed by atoms with van der Waals surface area (Å²) in [4.78, 5) is 12.0. The van der Waals surface area contributed by atoms with Crippen LogP contribution in [-0.2, 0) is 4.79 Å². The van der Waals surface area contributed by atoms with E-state index in [2.05, 4.69) is 73.8 Å². The molecule has 2 heteroatoms. The van der Waals surface area contributed by atoms with Crippen molar-refractivity contribution in [2.75, 3.05) is 0 Å². The molecule has 124 valence electrons. The van der Waals surface area contributed by atoms with Crippen molar-refractivity contribution in [3.8, 4) is 0 Å². The summed E-state index contributed by atoms with van der Waals surface area (Å²) in [6.07, 6.45) is 3.73. The first-order valence-electron chi connectivity index (χ1n) is 8.77. The lowest BCUT2D eigenvalue weighted by atomic mass is 9.84. The topological polar surface area (TPSA) is 29.1 Å². The van der Waals surface area contributed by atoms with Crippen molar-refractivity contribution in [2.45, 2.75) is 45.6 Å². The Morgan fingerprint density at radius 3 is 2.50 bits per heavy atom. The van der Waals surface area contributed by atoms with E-state index in [-0.39, 0.29) is 17.9 Å². The lowest BCUT2D eigenvalue weighted by Crippen LogP contribution is -2.27. The summed E-state index contributed by atoms with van der Waals surface area (Å²) in [6, 6.07) is 17.1. The van der Waals surface area contributed by atoms with Gasteiger partial charge in [0.2, 0.25) is 5.91 Å². The summed E-state index contributed by atoms with van der Waals surface area (Å²) < 4.78 is 0. The van der Waals surface area contributed by atoms with Gasteiger partial charge >= 0.3 is 0 Å². The molecule has 1 N–H and O–H groups in total. The highest BCUT2D eigenvalue weighted by molar-refractivity contribution is 5.76. The fraction of sp³-hybridized carbons (Fsp3) is 0.318. The van der Waals surface area contributed by atoms with Crippen LogP contribution in [0.1, 0.15) is 67.8 Å². The Kier molecular flexibility index (Phi) is 4.84. The minimum Gasteiger partial charge on any atom is -0.350 e. The molecule has 0 saturated carbocycles. The molecule has 2 unspecified atom stereocenters. The van der Waals surface area contributed by atoms with Gasteiger partial charge < -0.3 is 5.32 Å². The molecule has 1 aliphatic carbocycles. The van der Waals surface area contributed by atoms with E-state index >= 15 is 0 Å². The van der Waals surface area contributed by atoms with E-state index in [4.69, 9.17) is 0 Å². The van der Waals surface area contributed by atoms with Crippen LogP contribution in [0.25, 0.3) is 6.08 Å². The first-order chi connectivity index (χ1) is 11.6. The summed E-state index contributed by atoms with van der Waals surface area (Å²) >= 11 is 0. The molecule has 3 rings (SSSR count). The average molecular weight is 319 g/mol. The highest BCUT2D eigenvalue weighted by Crippen LogP contribution is 2.42. The highest BCUT2D eigenvalue weighted by Gasteiger charge is 2.27. The molecule has 2 atom stereocenters. The number of carbonyl (C=O) groups is 1. The van der Waals surface area contributed by atoms with Gasteiger partial charge in [-0.25, -0.2) is 0 Å². The minimum absolute atomic E-state index is 0.0146. The minimum atomic E-state index is 0.0146. The van der Waals surface area contributed by atoms with Crippen molar-refractivity contribution in [1.29, 1.82) is 0 Å². The maximum absolute atomic E-state index is 12.0. The van der Waals surface area contributed by atoms with Crippen molar-refractivity contribution in [3.05, 3.63) is 76.4 Å². The van der Waals surface area contributed by atoms with Crippen molar-refractivity contribution in [3.63, 3.8) is 0 Å². The quantitative estimate of drug-likeness (QED) is 0.805. The lowest BCUT2D eigenvalue weighted by molar-refractivity contribution is -0.121. The monoisotopic (exact) mass is 319 g/mol. The van der Waals surface area contributed by atoms with Crippen molar-refractivity contribution in [2.24, 2.45) is 0 Å². The van der Waals surface area contributed by atoms with Crippen LogP contribution in [0.4, 0.5) is 0 Å². The van der Waals surface area contributed by atoms with Gasteiger partial charge in [-0.1, -0.05) is 67.1 Å². The van der Waals surface area contributed by atoms with Crippen molar-refractivity contribution in [1.82, 2.24) is 5.32 Å². The number of nitrogens with one attached hydrogen (secondary N) is 1. The Morgan fingerprint density at radius 1 is 1.08 bits per heavy atom. The standard InChI is InChI=1S/C22H25NO/c1-4-9-21(24)23-16(3)18-11-7-8-13-20(18)22-15(2)14-17-10-5-6-12-19(17)22/h5-8,10-14,16,22H,4,9H2,1-3H3,(H,23,24). The Bertz CT molecular complexity index is 775. The Labute approximate surface area is 144 Å². The predicted molar refractivity (Wildman–Crippen MR) is 99.8 cm³/mol. The summed E-state index contributed by atoms with van der Waals surface area (Å²) in [6.45, 7) is 6.30. The Balaban J connectivity index is 1.96. The van der Waals surface area contributed by atoms with E-state index in [9.17, 15) is 4.79 Å². The normalized spacial score (nSPS) is 17.1. The fourth-order valence-corrected chi connectivity index (χ4v) is 3.68. The number of carbonyl (C=O) groups excluding carboxylic acids is 1. The molecule has 0 heterocycles. The second-order valence-electron chi connectivity index (χ2n) is 6.62. The van der Waals surface area contributed by atoms with Gasteiger partial charge in [0.1, 0.15) is 0 Å². The third-order valence-electron chi connectivity index (χ3n) is 4.77. The van der Waals surface area contributed by atoms with Crippen LogP contribution < -0.4 is 5.32 Å². The molecule has 24 heavy (non-hydrogen) atoms. The van der Waals surface area contributed by atoms with Crippen LogP contribution >= 0.6 is 0 Å². The zero-order chi connectivity index (χ0) is 17.1. The van der Waals surface area contributed by atoms with E-state index in [0.717, 1.165) is 6.42 Å². The number of amides is 1. The number of allylic oxidation sites excluding steroid dienone is 1. The van der Waals surface area contributed by atoms with Crippen LogP contribution in [0.5, 0.6) is 0 Å². The van der Waals surface area contributed by atoms with Gasteiger partial charge in [-0.15, -0.1) is 0 Å².